The molecule has 4 rings (SSSR count). The highest BCUT2D eigenvalue weighted by Gasteiger charge is 2.17. The number of aryl methyl sites for hydroxylation is 2. The molecule has 0 fully saturated rings. The summed E-state index contributed by atoms with van der Waals surface area (Å²) in [6, 6.07) is 10.1. The van der Waals surface area contributed by atoms with Gasteiger partial charge >= 0.3 is 0 Å². The number of nitrogens with one attached hydrogen (secondary N) is 1. The lowest BCUT2D eigenvalue weighted by molar-refractivity contribution is -0.115. The molecular weight excluding hydrogens is 384 g/mol. The number of hydrogen-bond acceptors (Lipinski definition) is 5. The zero-order valence-electron chi connectivity index (χ0n) is 16.9. The summed E-state index contributed by atoms with van der Waals surface area (Å²) >= 11 is 1.55. The minimum absolute atomic E-state index is 0.0247. The van der Waals surface area contributed by atoms with Gasteiger partial charge in [-0.2, -0.15) is 0 Å². The minimum atomic E-state index is 0.0247. The number of furan rings is 1. The quantitative estimate of drug-likeness (QED) is 0.547. The number of rotatable bonds is 8. The van der Waals surface area contributed by atoms with Crippen LogP contribution in [0, 0.1) is 0 Å². The van der Waals surface area contributed by atoms with E-state index in [1.54, 1.807) is 18.0 Å². The molecule has 7 heteroatoms. The van der Waals surface area contributed by atoms with Gasteiger partial charge in [-0.3, -0.25) is 9.36 Å². The number of benzene rings is 1. The van der Waals surface area contributed by atoms with Crippen molar-refractivity contribution < 1.29 is 9.21 Å². The van der Waals surface area contributed by atoms with Crippen molar-refractivity contribution in [2.24, 2.45) is 0 Å². The van der Waals surface area contributed by atoms with E-state index in [-0.39, 0.29) is 11.8 Å². The molecule has 1 aromatic carbocycles. The molecule has 2 heterocycles. The predicted molar refractivity (Wildman–Crippen MR) is 114 cm³/mol. The number of aromatic nitrogens is 3. The molecule has 0 bridgehead atoms. The van der Waals surface area contributed by atoms with Gasteiger partial charge in [-0.25, -0.2) is 0 Å². The number of amides is 1. The number of nitrogens with zero attached hydrogens (tertiary/aromatic N) is 3. The Morgan fingerprint density at radius 2 is 2.10 bits per heavy atom. The molecule has 1 N–H and O–H groups in total. The number of anilines is 1. The molecule has 152 valence electrons. The molecule has 1 amide bonds. The summed E-state index contributed by atoms with van der Waals surface area (Å²) in [6.07, 6.45) is 5.56. The van der Waals surface area contributed by atoms with Crippen molar-refractivity contribution in [2.75, 3.05) is 11.1 Å². The monoisotopic (exact) mass is 410 g/mol. The van der Waals surface area contributed by atoms with Crippen LogP contribution in [0.3, 0.4) is 0 Å². The van der Waals surface area contributed by atoms with E-state index in [0.717, 1.165) is 35.3 Å². The van der Waals surface area contributed by atoms with Gasteiger partial charge in [-0.05, 0) is 54.7 Å². The first-order chi connectivity index (χ1) is 14.1. The Balaban J connectivity index is 1.34. The highest BCUT2D eigenvalue weighted by atomic mass is 32.2. The van der Waals surface area contributed by atoms with Gasteiger partial charge < -0.3 is 9.73 Å². The van der Waals surface area contributed by atoms with Crippen molar-refractivity contribution in [3.63, 3.8) is 0 Å². The van der Waals surface area contributed by atoms with Crippen molar-refractivity contribution in [3.05, 3.63) is 59.3 Å². The lowest BCUT2D eigenvalue weighted by Crippen LogP contribution is -2.13. The first-order valence-corrected chi connectivity index (χ1v) is 11.1. The zero-order chi connectivity index (χ0) is 20.2. The average Bonchev–Trinajstić information content (AvgIpc) is 3.43. The molecule has 0 unspecified atom stereocenters. The van der Waals surface area contributed by atoms with Gasteiger partial charge in [0.15, 0.2) is 5.16 Å². The van der Waals surface area contributed by atoms with Crippen LogP contribution in [0.4, 0.5) is 5.69 Å². The van der Waals surface area contributed by atoms with E-state index in [1.807, 2.05) is 18.2 Å². The van der Waals surface area contributed by atoms with E-state index >= 15 is 0 Å². The second kappa shape index (κ2) is 8.86. The van der Waals surface area contributed by atoms with Gasteiger partial charge in [0.2, 0.25) is 5.91 Å². The van der Waals surface area contributed by atoms with Crippen LogP contribution < -0.4 is 5.32 Å². The molecule has 2 aromatic heterocycles. The largest absolute Gasteiger partial charge is 0.467 e. The van der Waals surface area contributed by atoms with E-state index < -0.39 is 0 Å². The summed E-state index contributed by atoms with van der Waals surface area (Å²) in [5.41, 5.74) is 3.67. The van der Waals surface area contributed by atoms with Gasteiger partial charge in [-0.15, -0.1) is 10.2 Å². The van der Waals surface area contributed by atoms with E-state index in [1.165, 1.54) is 17.5 Å². The second-order valence-electron chi connectivity index (χ2n) is 7.64. The molecule has 6 nitrogen and oxygen atoms in total. The molecular formula is C22H26N4O2S. The number of carbonyl (C=O) groups excluding carboxylic acids is 1. The van der Waals surface area contributed by atoms with Crippen LogP contribution in [0.1, 0.15) is 55.3 Å². The highest BCUT2D eigenvalue weighted by molar-refractivity contribution is 7.99. The lowest BCUT2D eigenvalue weighted by atomic mass is 10.1. The molecule has 3 aromatic rings. The number of thioether (sulfide) groups is 1. The maximum Gasteiger partial charge on any atom is 0.225 e. The van der Waals surface area contributed by atoms with E-state index in [4.69, 9.17) is 4.42 Å². The van der Waals surface area contributed by atoms with Gasteiger partial charge in [0.1, 0.15) is 11.6 Å². The summed E-state index contributed by atoms with van der Waals surface area (Å²) < 4.78 is 7.56. The summed E-state index contributed by atoms with van der Waals surface area (Å²) in [7, 11) is 0. The smallest absolute Gasteiger partial charge is 0.225 e. The molecule has 1 aliphatic rings. The maximum atomic E-state index is 12.4. The molecule has 0 saturated heterocycles. The fourth-order valence-corrected chi connectivity index (χ4v) is 4.53. The van der Waals surface area contributed by atoms with Crippen molar-refractivity contribution >= 4 is 23.4 Å². The topological polar surface area (TPSA) is 73.0 Å². The van der Waals surface area contributed by atoms with Crippen molar-refractivity contribution in [2.45, 2.75) is 57.1 Å². The molecule has 0 radical (unpaired) electrons. The fraction of sp³-hybridized carbons (Fsp3) is 0.409. The Morgan fingerprint density at radius 1 is 1.24 bits per heavy atom. The van der Waals surface area contributed by atoms with Crippen molar-refractivity contribution in [1.82, 2.24) is 14.8 Å². The second-order valence-corrected chi connectivity index (χ2v) is 8.71. The number of fused-ring (bicyclic) bond motifs is 1. The first-order valence-electron chi connectivity index (χ1n) is 10.1. The Kier molecular flexibility index (Phi) is 6.04. The van der Waals surface area contributed by atoms with E-state index in [9.17, 15) is 4.79 Å². The molecule has 0 aliphatic heterocycles. The zero-order valence-corrected chi connectivity index (χ0v) is 17.7. The van der Waals surface area contributed by atoms with Crippen LogP contribution in [0.25, 0.3) is 0 Å². The van der Waals surface area contributed by atoms with Crippen LogP contribution in [-0.4, -0.2) is 26.4 Å². The van der Waals surface area contributed by atoms with E-state index in [2.05, 4.69) is 46.1 Å². The Hall–Kier alpha value is -2.54. The summed E-state index contributed by atoms with van der Waals surface area (Å²) in [5, 5.41) is 12.5. The van der Waals surface area contributed by atoms with Crippen LogP contribution in [-0.2, 0) is 24.2 Å². The first kappa shape index (κ1) is 19.8. The molecule has 29 heavy (non-hydrogen) atoms. The average molecular weight is 411 g/mol. The van der Waals surface area contributed by atoms with Gasteiger partial charge in [-0.1, -0.05) is 31.7 Å². The third kappa shape index (κ3) is 4.72. The van der Waals surface area contributed by atoms with Crippen molar-refractivity contribution in [1.29, 1.82) is 0 Å². The third-order valence-electron chi connectivity index (χ3n) is 5.10. The lowest BCUT2D eigenvalue weighted by Gasteiger charge is -2.11. The van der Waals surface area contributed by atoms with Gasteiger partial charge in [0.25, 0.3) is 0 Å². The fourth-order valence-electron chi connectivity index (χ4n) is 3.65. The predicted octanol–water partition coefficient (Wildman–Crippen LogP) is 4.65. The Labute approximate surface area is 175 Å². The molecule has 0 spiro atoms. The van der Waals surface area contributed by atoms with Crippen molar-refractivity contribution in [3.8, 4) is 0 Å². The Morgan fingerprint density at radius 3 is 2.90 bits per heavy atom. The normalized spacial score (nSPS) is 13.1. The minimum Gasteiger partial charge on any atom is -0.467 e. The number of hydrogen-bond donors (Lipinski definition) is 1. The van der Waals surface area contributed by atoms with Crippen LogP contribution in [0.5, 0.6) is 0 Å². The standard InChI is InChI=1S/C22H26N4O2S/c1-15(2)21-24-25-22(26(21)14-19-7-4-11-28-19)29-12-10-20(27)23-18-9-8-16-5-3-6-17(16)13-18/h4,7-9,11,13,15H,3,5-6,10,12,14H2,1-2H3,(H,23,27). The SMILES string of the molecule is CC(C)c1nnc(SCCC(=O)Nc2ccc3c(c2)CCC3)n1Cc1ccco1. The van der Waals surface area contributed by atoms with Crippen LogP contribution >= 0.6 is 11.8 Å². The Bertz CT molecular complexity index is 979. The summed E-state index contributed by atoms with van der Waals surface area (Å²) in [6.45, 7) is 4.79. The van der Waals surface area contributed by atoms with Gasteiger partial charge in [0, 0.05) is 23.8 Å². The molecule has 0 atom stereocenters. The molecule has 0 saturated carbocycles. The van der Waals surface area contributed by atoms with E-state index in [0.29, 0.717) is 18.7 Å². The number of carbonyl (C=O) groups is 1. The summed E-state index contributed by atoms with van der Waals surface area (Å²) in [5.74, 6) is 2.71. The maximum absolute atomic E-state index is 12.4. The molecule has 1 aliphatic carbocycles. The van der Waals surface area contributed by atoms with Crippen LogP contribution in [0.15, 0.2) is 46.2 Å². The third-order valence-corrected chi connectivity index (χ3v) is 6.07. The summed E-state index contributed by atoms with van der Waals surface area (Å²) in [4.78, 5) is 12.4. The van der Waals surface area contributed by atoms with Gasteiger partial charge in [0.05, 0.1) is 12.8 Å². The highest BCUT2D eigenvalue weighted by Crippen LogP contribution is 2.26. The van der Waals surface area contributed by atoms with Crippen LogP contribution in [0.2, 0.25) is 0 Å².